The fraction of sp³-hybridized carbons (Fsp3) is 0.714. The van der Waals surface area contributed by atoms with Gasteiger partial charge < -0.3 is 30.0 Å². The number of carbonyl (C=O) groups is 4. The fourth-order valence-corrected chi connectivity index (χ4v) is 2.37. The minimum Gasteiger partial charge on any atom is -0.463 e. The maximum absolute atomic E-state index is 11.4. The molecular formula is C14H22N2O8. The number of rotatable bonds is 5. The van der Waals surface area contributed by atoms with Gasteiger partial charge in [0.05, 0.1) is 0 Å². The number of esters is 3. The van der Waals surface area contributed by atoms with Gasteiger partial charge in [-0.25, -0.2) is 0 Å². The van der Waals surface area contributed by atoms with Gasteiger partial charge in [-0.2, -0.15) is 0 Å². The maximum Gasteiger partial charge on any atom is 0.303 e. The van der Waals surface area contributed by atoms with E-state index in [2.05, 4.69) is 5.32 Å². The van der Waals surface area contributed by atoms with Crippen molar-refractivity contribution in [2.24, 2.45) is 5.73 Å². The highest BCUT2D eigenvalue weighted by atomic mass is 16.6. The summed E-state index contributed by atoms with van der Waals surface area (Å²) in [6.07, 6.45) is -4.23. The zero-order chi connectivity index (χ0) is 18.4. The first kappa shape index (κ1) is 19.8. The monoisotopic (exact) mass is 346 g/mol. The van der Waals surface area contributed by atoms with Crippen molar-refractivity contribution < 1.29 is 38.1 Å². The molecule has 0 aromatic carbocycles. The van der Waals surface area contributed by atoms with Crippen molar-refractivity contribution in [3.63, 3.8) is 0 Å². The Labute approximate surface area is 138 Å². The first-order chi connectivity index (χ1) is 11.1. The van der Waals surface area contributed by atoms with Crippen LogP contribution in [0, 0.1) is 0 Å². The zero-order valence-corrected chi connectivity index (χ0v) is 13.9. The summed E-state index contributed by atoms with van der Waals surface area (Å²) in [6.45, 7) is 4.52. The van der Waals surface area contributed by atoms with Crippen LogP contribution in [0.15, 0.2) is 0 Å². The predicted molar refractivity (Wildman–Crippen MR) is 78.2 cm³/mol. The summed E-state index contributed by atoms with van der Waals surface area (Å²) in [5, 5.41) is 2.51. The van der Waals surface area contributed by atoms with Crippen molar-refractivity contribution in [2.45, 2.75) is 58.3 Å². The van der Waals surface area contributed by atoms with E-state index in [1.54, 1.807) is 0 Å². The first-order valence-corrected chi connectivity index (χ1v) is 7.27. The maximum atomic E-state index is 11.4. The molecule has 1 unspecified atom stereocenters. The van der Waals surface area contributed by atoms with E-state index in [1.807, 2.05) is 0 Å². The molecule has 0 spiro atoms. The van der Waals surface area contributed by atoms with Crippen LogP contribution >= 0.6 is 0 Å². The van der Waals surface area contributed by atoms with Crippen molar-refractivity contribution in [1.29, 1.82) is 0 Å². The summed E-state index contributed by atoms with van der Waals surface area (Å²) < 4.78 is 20.7. The Hall–Kier alpha value is -2.20. The molecule has 1 rings (SSSR count). The smallest absolute Gasteiger partial charge is 0.303 e. The van der Waals surface area contributed by atoms with Crippen molar-refractivity contribution in [2.75, 3.05) is 6.61 Å². The lowest BCUT2D eigenvalue weighted by molar-refractivity contribution is -0.222. The molecule has 1 aliphatic heterocycles. The summed E-state index contributed by atoms with van der Waals surface area (Å²) in [5.41, 5.74) is 5.87. The summed E-state index contributed by atoms with van der Waals surface area (Å²) in [5.74, 6) is -2.32. The van der Waals surface area contributed by atoms with Gasteiger partial charge in [-0.3, -0.25) is 19.2 Å². The van der Waals surface area contributed by atoms with E-state index in [4.69, 9.17) is 24.7 Å². The number of nitrogens with two attached hydrogens (primary N) is 1. The Bertz CT molecular complexity index is 509. The molecule has 0 bridgehead atoms. The van der Waals surface area contributed by atoms with Crippen LogP contribution in [0.5, 0.6) is 0 Å². The van der Waals surface area contributed by atoms with Gasteiger partial charge in [0.2, 0.25) is 5.91 Å². The van der Waals surface area contributed by atoms with Crippen LogP contribution in [-0.4, -0.2) is 61.0 Å². The normalized spacial score (nSPS) is 29.3. The van der Waals surface area contributed by atoms with E-state index in [-0.39, 0.29) is 6.61 Å². The SMILES string of the molecule is CC(=O)N[C@H]1[C@@H](OC(C)=O)[C@H](OC(C)=O)C(COC(C)=O)O[C@H]1N. The van der Waals surface area contributed by atoms with E-state index in [0.29, 0.717) is 0 Å². The quantitative estimate of drug-likeness (QED) is 0.454. The molecule has 1 aliphatic rings. The molecule has 136 valence electrons. The van der Waals surface area contributed by atoms with Gasteiger partial charge in [0, 0.05) is 27.7 Å². The van der Waals surface area contributed by atoms with Gasteiger partial charge in [-0.05, 0) is 0 Å². The number of hydrogen-bond donors (Lipinski definition) is 2. The molecule has 10 nitrogen and oxygen atoms in total. The molecule has 1 fully saturated rings. The summed E-state index contributed by atoms with van der Waals surface area (Å²) in [6, 6.07) is -0.940. The van der Waals surface area contributed by atoms with Gasteiger partial charge in [-0.1, -0.05) is 0 Å². The minimum atomic E-state index is -1.11. The number of hydrogen-bond acceptors (Lipinski definition) is 9. The largest absolute Gasteiger partial charge is 0.463 e. The molecule has 0 aromatic rings. The van der Waals surface area contributed by atoms with E-state index < -0.39 is 54.4 Å². The van der Waals surface area contributed by atoms with Crippen LogP contribution in [0.1, 0.15) is 27.7 Å². The van der Waals surface area contributed by atoms with Gasteiger partial charge in [-0.15, -0.1) is 0 Å². The Morgan fingerprint density at radius 3 is 1.96 bits per heavy atom. The topological polar surface area (TPSA) is 143 Å². The van der Waals surface area contributed by atoms with E-state index in [9.17, 15) is 19.2 Å². The first-order valence-electron chi connectivity index (χ1n) is 7.27. The number of ether oxygens (including phenoxy) is 4. The Balaban J connectivity index is 3.11. The second-order valence-electron chi connectivity index (χ2n) is 5.32. The third kappa shape index (κ3) is 5.78. The Morgan fingerprint density at radius 1 is 0.958 bits per heavy atom. The second-order valence-corrected chi connectivity index (χ2v) is 5.32. The molecule has 0 saturated carbocycles. The molecule has 1 saturated heterocycles. The average Bonchev–Trinajstić information content (AvgIpc) is 2.42. The van der Waals surface area contributed by atoms with Crippen LogP contribution in [-0.2, 0) is 38.1 Å². The van der Waals surface area contributed by atoms with Crippen LogP contribution in [0.4, 0.5) is 0 Å². The second kappa shape index (κ2) is 8.60. The highest BCUT2D eigenvalue weighted by molar-refractivity contribution is 5.73. The van der Waals surface area contributed by atoms with Crippen LogP contribution in [0.3, 0.4) is 0 Å². The minimum absolute atomic E-state index is 0.258. The highest BCUT2D eigenvalue weighted by Crippen LogP contribution is 2.25. The molecule has 5 atom stereocenters. The molecule has 0 radical (unpaired) electrons. The molecule has 3 N–H and O–H groups in total. The summed E-state index contributed by atoms with van der Waals surface area (Å²) >= 11 is 0. The van der Waals surface area contributed by atoms with E-state index in [1.165, 1.54) is 13.8 Å². The molecule has 1 heterocycles. The van der Waals surface area contributed by atoms with E-state index in [0.717, 1.165) is 13.8 Å². The Morgan fingerprint density at radius 2 is 1.50 bits per heavy atom. The fourth-order valence-electron chi connectivity index (χ4n) is 2.37. The number of carbonyl (C=O) groups excluding carboxylic acids is 4. The van der Waals surface area contributed by atoms with Gasteiger partial charge >= 0.3 is 17.9 Å². The number of nitrogens with one attached hydrogen (secondary N) is 1. The summed E-state index contributed by atoms with van der Waals surface area (Å²) in [7, 11) is 0. The van der Waals surface area contributed by atoms with Crippen LogP contribution < -0.4 is 11.1 Å². The average molecular weight is 346 g/mol. The third-order valence-electron chi connectivity index (χ3n) is 3.15. The molecule has 0 aliphatic carbocycles. The van der Waals surface area contributed by atoms with Crippen molar-refractivity contribution in [3.05, 3.63) is 0 Å². The lowest BCUT2D eigenvalue weighted by Crippen LogP contribution is -2.68. The van der Waals surface area contributed by atoms with Gasteiger partial charge in [0.1, 0.15) is 25.0 Å². The number of amides is 1. The molecule has 0 aromatic heterocycles. The lowest BCUT2D eigenvalue weighted by Gasteiger charge is -2.44. The Kier molecular flexibility index (Phi) is 7.11. The molecule has 10 heteroatoms. The standard InChI is InChI=1S/C14H22N2O8/c1-6(17)16-11-13(23-9(4)20)12(22-8(3)19)10(24-14(11)15)5-21-7(2)18/h10-14H,5,15H2,1-4H3,(H,16,17)/t10?,11-,12+,13+,14+/m0/s1. The zero-order valence-electron chi connectivity index (χ0n) is 13.9. The van der Waals surface area contributed by atoms with Crippen molar-refractivity contribution >= 4 is 23.8 Å². The van der Waals surface area contributed by atoms with Crippen LogP contribution in [0.25, 0.3) is 0 Å². The van der Waals surface area contributed by atoms with E-state index >= 15 is 0 Å². The van der Waals surface area contributed by atoms with Gasteiger partial charge in [0.25, 0.3) is 0 Å². The van der Waals surface area contributed by atoms with Gasteiger partial charge in [0.15, 0.2) is 12.2 Å². The molecule has 1 amide bonds. The predicted octanol–water partition coefficient (Wildman–Crippen LogP) is -1.40. The van der Waals surface area contributed by atoms with Crippen molar-refractivity contribution in [1.82, 2.24) is 5.32 Å². The third-order valence-corrected chi connectivity index (χ3v) is 3.15. The molecular weight excluding hydrogens is 324 g/mol. The highest BCUT2D eigenvalue weighted by Gasteiger charge is 2.49. The summed E-state index contributed by atoms with van der Waals surface area (Å²) in [4.78, 5) is 45.2. The lowest BCUT2D eigenvalue weighted by atomic mass is 9.95. The molecule has 24 heavy (non-hydrogen) atoms. The van der Waals surface area contributed by atoms with Crippen LogP contribution in [0.2, 0.25) is 0 Å². The van der Waals surface area contributed by atoms with Crippen molar-refractivity contribution in [3.8, 4) is 0 Å².